The van der Waals surface area contributed by atoms with Gasteiger partial charge in [0, 0.05) is 5.02 Å². The van der Waals surface area contributed by atoms with Gasteiger partial charge in [0.05, 0.1) is 0 Å². The van der Waals surface area contributed by atoms with Crippen LogP contribution in [0.2, 0.25) is 5.02 Å². The first kappa shape index (κ1) is 9.97. The monoisotopic (exact) mass is 236 g/mol. The highest BCUT2D eigenvalue weighted by atomic mass is 35.5. The first-order valence-corrected chi connectivity index (χ1v) is 5.83. The Morgan fingerprint density at radius 3 is 2.50 bits per heavy atom. The van der Waals surface area contributed by atoms with Crippen molar-refractivity contribution in [2.45, 2.75) is 18.4 Å². The average Bonchev–Trinajstić information content (AvgIpc) is 3.05. The second-order valence-corrected chi connectivity index (χ2v) is 4.88. The van der Waals surface area contributed by atoms with Gasteiger partial charge in [-0.3, -0.25) is 0 Å². The molecular formula is C12H13ClN2O. The summed E-state index contributed by atoms with van der Waals surface area (Å²) in [6.45, 7) is 0.561. The molecule has 1 heterocycles. The Balaban J connectivity index is 2.03. The normalized spacial score (nSPS) is 28.7. The van der Waals surface area contributed by atoms with Crippen molar-refractivity contribution in [3.8, 4) is 0 Å². The number of benzene rings is 1. The minimum Gasteiger partial charge on any atom is -0.462 e. The molecule has 1 aromatic carbocycles. The van der Waals surface area contributed by atoms with Gasteiger partial charge in [-0.2, -0.15) is 0 Å². The van der Waals surface area contributed by atoms with E-state index in [1.807, 2.05) is 24.3 Å². The number of rotatable bonds is 2. The third kappa shape index (κ3) is 1.47. The Morgan fingerprint density at radius 2 is 2.00 bits per heavy atom. The van der Waals surface area contributed by atoms with Gasteiger partial charge in [-0.25, -0.2) is 4.99 Å². The third-order valence-corrected chi connectivity index (χ3v) is 3.60. The van der Waals surface area contributed by atoms with Crippen LogP contribution in [0.1, 0.15) is 18.4 Å². The fraction of sp³-hybridized carbons (Fsp3) is 0.417. The van der Waals surface area contributed by atoms with Crippen LogP contribution in [0.4, 0.5) is 0 Å². The number of hydrogen-bond donors (Lipinski definition) is 1. The zero-order valence-electron chi connectivity index (χ0n) is 8.82. The van der Waals surface area contributed by atoms with E-state index in [4.69, 9.17) is 22.1 Å². The maximum absolute atomic E-state index is 5.90. The predicted molar refractivity (Wildman–Crippen MR) is 63.4 cm³/mol. The highest BCUT2D eigenvalue weighted by molar-refractivity contribution is 6.30. The topological polar surface area (TPSA) is 47.6 Å². The summed E-state index contributed by atoms with van der Waals surface area (Å²) in [5, 5.41) is 0.741. The smallest absolute Gasteiger partial charge is 0.283 e. The lowest BCUT2D eigenvalue weighted by Gasteiger charge is -2.24. The van der Waals surface area contributed by atoms with Crippen molar-refractivity contribution in [1.82, 2.24) is 0 Å². The van der Waals surface area contributed by atoms with Crippen molar-refractivity contribution >= 4 is 17.6 Å². The minimum atomic E-state index is -0.255. The van der Waals surface area contributed by atoms with E-state index in [0.717, 1.165) is 10.6 Å². The number of nitrogens with two attached hydrogens (primary N) is 1. The Bertz CT molecular complexity index is 439. The van der Waals surface area contributed by atoms with E-state index in [2.05, 4.69) is 4.99 Å². The molecule has 0 bridgehead atoms. The number of halogens is 1. The van der Waals surface area contributed by atoms with E-state index in [1.165, 1.54) is 12.8 Å². The molecule has 0 amide bonds. The maximum Gasteiger partial charge on any atom is 0.283 e. The van der Waals surface area contributed by atoms with Crippen LogP contribution < -0.4 is 5.73 Å². The van der Waals surface area contributed by atoms with Crippen LogP contribution >= 0.6 is 11.6 Å². The van der Waals surface area contributed by atoms with E-state index in [-0.39, 0.29) is 5.54 Å². The average molecular weight is 237 g/mol. The van der Waals surface area contributed by atoms with E-state index < -0.39 is 0 Å². The molecule has 1 aromatic rings. The largest absolute Gasteiger partial charge is 0.462 e. The number of aliphatic imine (C=N–C) groups is 1. The van der Waals surface area contributed by atoms with Crippen molar-refractivity contribution in [1.29, 1.82) is 0 Å². The molecule has 84 valence electrons. The summed E-state index contributed by atoms with van der Waals surface area (Å²) >= 11 is 5.90. The van der Waals surface area contributed by atoms with E-state index in [0.29, 0.717) is 18.5 Å². The van der Waals surface area contributed by atoms with Crippen molar-refractivity contribution in [3.05, 3.63) is 34.9 Å². The van der Waals surface area contributed by atoms with E-state index >= 15 is 0 Å². The molecule has 1 atom stereocenters. The second kappa shape index (κ2) is 3.39. The van der Waals surface area contributed by atoms with Crippen LogP contribution in [0.25, 0.3) is 0 Å². The van der Waals surface area contributed by atoms with Gasteiger partial charge in [0.15, 0.2) is 0 Å². The quantitative estimate of drug-likeness (QED) is 0.857. The summed E-state index contributed by atoms with van der Waals surface area (Å²) in [5.41, 5.74) is 6.54. The van der Waals surface area contributed by atoms with Crippen molar-refractivity contribution < 1.29 is 4.74 Å². The van der Waals surface area contributed by atoms with Crippen LogP contribution in [-0.2, 0) is 10.3 Å². The van der Waals surface area contributed by atoms with Crippen LogP contribution in [0.5, 0.6) is 0 Å². The highest BCUT2D eigenvalue weighted by Crippen LogP contribution is 2.50. The number of nitrogens with zero attached hydrogens (tertiary/aromatic N) is 1. The van der Waals surface area contributed by atoms with Gasteiger partial charge >= 0.3 is 0 Å². The van der Waals surface area contributed by atoms with E-state index in [1.54, 1.807) is 0 Å². The molecule has 0 saturated heterocycles. The lowest BCUT2D eigenvalue weighted by Crippen LogP contribution is -2.28. The van der Waals surface area contributed by atoms with Gasteiger partial charge in [0.1, 0.15) is 12.1 Å². The molecule has 0 spiro atoms. The van der Waals surface area contributed by atoms with Crippen molar-refractivity contribution in [2.24, 2.45) is 16.6 Å². The first-order chi connectivity index (χ1) is 7.71. The molecule has 2 N–H and O–H groups in total. The fourth-order valence-corrected chi connectivity index (χ4v) is 2.46. The molecule has 1 saturated carbocycles. The Morgan fingerprint density at radius 1 is 1.31 bits per heavy atom. The lowest BCUT2D eigenvalue weighted by molar-refractivity contribution is 0.233. The molecule has 3 rings (SSSR count). The molecule has 2 aliphatic rings. The van der Waals surface area contributed by atoms with Crippen LogP contribution in [-0.4, -0.2) is 12.6 Å². The van der Waals surface area contributed by atoms with Crippen molar-refractivity contribution in [3.63, 3.8) is 0 Å². The SMILES string of the molecule is NC1=NC(c2ccc(Cl)cc2)(C2CC2)CO1. The Labute approximate surface area is 99.3 Å². The summed E-state index contributed by atoms with van der Waals surface area (Å²) in [6, 6.07) is 8.13. The van der Waals surface area contributed by atoms with Gasteiger partial charge in [-0.05, 0) is 36.5 Å². The summed E-state index contributed by atoms with van der Waals surface area (Å²) < 4.78 is 5.35. The van der Waals surface area contributed by atoms with Gasteiger partial charge in [0.25, 0.3) is 6.02 Å². The summed E-state index contributed by atoms with van der Waals surface area (Å²) in [7, 11) is 0. The molecule has 0 radical (unpaired) electrons. The number of amidine groups is 1. The van der Waals surface area contributed by atoms with Crippen molar-refractivity contribution in [2.75, 3.05) is 6.61 Å². The summed E-state index contributed by atoms with van der Waals surface area (Å²) in [5.74, 6) is 0.565. The van der Waals surface area contributed by atoms with Gasteiger partial charge in [0.2, 0.25) is 0 Å². The third-order valence-electron chi connectivity index (χ3n) is 3.35. The van der Waals surface area contributed by atoms with Crippen LogP contribution in [0.3, 0.4) is 0 Å². The molecule has 4 heteroatoms. The standard InChI is InChI=1S/C12H13ClN2O/c13-10-5-3-9(4-6-10)12(8-1-2-8)7-16-11(14)15-12/h3-6,8H,1-2,7H2,(H2,14,15). The second-order valence-electron chi connectivity index (χ2n) is 4.44. The predicted octanol–water partition coefficient (Wildman–Crippen LogP) is 2.29. The molecule has 1 aliphatic heterocycles. The molecule has 3 nitrogen and oxygen atoms in total. The molecule has 16 heavy (non-hydrogen) atoms. The number of ether oxygens (including phenoxy) is 1. The number of hydrogen-bond acceptors (Lipinski definition) is 3. The van der Waals surface area contributed by atoms with Gasteiger partial charge < -0.3 is 10.5 Å². The zero-order valence-corrected chi connectivity index (χ0v) is 9.57. The summed E-state index contributed by atoms with van der Waals surface area (Å²) in [4.78, 5) is 4.51. The molecular weight excluding hydrogens is 224 g/mol. The maximum atomic E-state index is 5.90. The minimum absolute atomic E-state index is 0.255. The molecule has 1 aliphatic carbocycles. The Hall–Kier alpha value is -1.22. The fourth-order valence-electron chi connectivity index (χ4n) is 2.34. The highest BCUT2D eigenvalue weighted by Gasteiger charge is 2.50. The van der Waals surface area contributed by atoms with Crippen LogP contribution in [0, 0.1) is 5.92 Å². The zero-order chi connectivity index (χ0) is 11.2. The first-order valence-electron chi connectivity index (χ1n) is 5.45. The van der Waals surface area contributed by atoms with Gasteiger partial charge in [-0.15, -0.1) is 0 Å². The van der Waals surface area contributed by atoms with Gasteiger partial charge in [-0.1, -0.05) is 23.7 Å². The Kier molecular flexibility index (Phi) is 2.11. The summed E-state index contributed by atoms with van der Waals surface area (Å²) in [6.07, 6.45) is 2.39. The van der Waals surface area contributed by atoms with Crippen LogP contribution in [0.15, 0.2) is 29.3 Å². The molecule has 1 fully saturated rings. The molecule has 0 aromatic heterocycles. The molecule has 1 unspecified atom stereocenters. The lowest BCUT2D eigenvalue weighted by atomic mass is 9.87. The van der Waals surface area contributed by atoms with E-state index in [9.17, 15) is 0 Å².